The fraction of sp³-hybridized carbons (Fsp3) is 0.734. The highest BCUT2D eigenvalue weighted by Gasteiger charge is 2.41. The molecule has 0 saturated carbocycles. The first kappa shape index (κ1) is 98.6. The van der Waals surface area contributed by atoms with Crippen LogP contribution >= 0.6 is 11.8 Å². The number of ether oxygens (including phenoxy) is 1. The van der Waals surface area contributed by atoms with E-state index in [2.05, 4.69) is 26.6 Å². The third-order valence-corrected chi connectivity index (χ3v) is 18.4. The molecule has 6 amide bonds. The molecule has 27 heteroatoms. The van der Waals surface area contributed by atoms with Crippen LogP contribution in [0.4, 0.5) is 4.79 Å². The molecule has 0 bridgehead atoms. The maximum Gasteiger partial charge on any atom is 0.408 e. The number of phenolic OH excluding ortho intramolecular Hbond substituents is 1. The van der Waals surface area contributed by atoms with E-state index in [1.807, 2.05) is 75.5 Å². The molecule has 26 nitrogen and oxygen atoms in total. The second-order valence-corrected chi connectivity index (χ2v) is 32.8. The average molecular weight is 1520 g/mol. The first-order valence-electron chi connectivity index (χ1n) is 37.6. The molecular weight excluding hydrogens is 1380 g/mol. The molecule has 602 valence electrons. The molecule has 1 heterocycles. The van der Waals surface area contributed by atoms with Crippen molar-refractivity contribution < 1.29 is 97.1 Å². The molecule has 9 N–H and O–H groups in total. The Morgan fingerprint density at radius 2 is 0.953 bits per heavy atom. The standard InChI is InChI=1S/C33H50N2O8.C27H45N3O8.C19H35NO4S/c1-19(2)14-25(18-28(38)27(15-20(3)4)34-30(40)12-13-31(41)42)33(43)35-32(21(5)6)29(39)17-24(22(7)36)16-23-8-10-26(37)11-9-23;1-15(2)12-19(17(5)31)14-22(33)20(13-16(3)4)28-26(37)21-8-7-11-30(21)27(38)25(18(6)32)29-23(34)9-10-24(35)36;1-13(2)11-16(20-18(23)24-19(4,5)6)17(22)12-15(14(3)21)9-8-10-25-7/h8-11,19-21,24-25,27,32,37H,12-18H2,1-7H3,(H,34,40)(H,35,43)(H,41,42);15-16,18-21,25,32H,7-14H2,1-6H3,(H,28,37)(H,29,34)(H,35,36);13,15-16H,8-12H2,1-7H3,(H,20,23)/t24-,25-,27+,32?;18-,19-,20+,21+,25+;15-,16+/m111/s1. The number of likely N-dealkylation sites (tertiary alicyclic amines) is 1. The number of hydrogen-bond donors (Lipinski definition) is 9. The van der Waals surface area contributed by atoms with Crippen molar-refractivity contribution in [2.24, 2.45) is 59.2 Å². The minimum absolute atomic E-state index is 0.0327. The van der Waals surface area contributed by atoms with Crippen LogP contribution in [0.1, 0.15) is 246 Å². The zero-order valence-electron chi connectivity index (χ0n) is 66.9. The third-order valence-electron chi connectivity index (χ3n) is 17.7. The van der Waals surface area contributed by atoms with Gasteiger partial charge >= 0.3 is 18.0 Å². The molecule has 1 saturated heterocycles. The highest BCUT2D eigenvalue weighted by molar-refractivity contribution is 7.98. The molecule has 0 spiro atoms. The van der Waals surface area contributed by atoms with Crippen LogP contribution in [0.2, 0.25) is 0 Å². The van der Waals surface area contributed by atoms with Crippen molar-refractivity contribution in [3.05, 3.63) is 29.8 Å². The second-order valence-electron chi connectivity index (χ2n) is 31.8. The predicted molar refractivity (Wildman–Crippen MR) is 407 cm³/mol. The maximum atomic E-state index is 13.6. The van der Waals surface area contributed by atoms with E-state index in [-0.39, 0.29) is 139 Å². The number of carbonyl (C=O) groups is 15. The van der Waals surface area contributed by atoms with Gasteiger partial charge in [0.15, 0.2) is 23.1 Å². The van der Waals surface area contributed by atoms with Gasteiger partial charge in [-0.25, -0.2) is 4.79 Å². The summed E-state index contributed by atoms with van der Waals surface area (Å²) in [5, 5.41) is 50.7. The van der Waals surface area contributed by atoms with Gasteiger partial charge in [-0.1, -0.05) is 95.2 Å². The van der Waals surface area contributed by atoms with Crippen LogP contribution in [-0.2, 0) is 78.3 Å². The van der Waals surface area contributed by atoms with Crippen molar-refractivity contribution in [3.63, 3.8) is 0 Å². The zero-order chi connectivity index (χ0) is 81.6. The molecule has 1 aromatic rings. The molecule has 1 fully saturated rings. The van der Waals surface area contributed by atoms with E-state index >= 15 is 0 Å². The summed E-state index contributed by atoms with van der Waals surface area (Å²) >= 11 is 1.73. The summed E-state index contributed by atoms with van der Waals surface area (Å²) in [6, 6.07) is 1.08. The van der Waals surface area contributed by atoms with Crippen molar-refractivity contribution in [2.75, 3.05) is 18.6 Å². The van der Waals surface area contributed by atoms with Gasteiger partial charge in [0.25, 0.3) is 0 Å². The van der Waals surface area contributed by atoms with Gasteiger partial charge in [0.2, 0.25) is 29.5 Å². The largest absolute Gasteiger partial charge is 0.508 e. The number of nitrogens with zero attached hydrogens (tertiary/aromatic N) is 1. The number of hydrogen-bond acceptors (Lipinski definition) is 19. The minimum atomic E-state index is -1.34. The number of nitrogens with one attached hydrogen (secondary N) is 5. The van der Waals surface area contributed by atoms with E-state index in [9.17, 15) is 82.1 Å². The summed E-state index contributed by atoms with van der Waals surface area (Å²) in [6.07, 6.45) is 3.82. The van der Waals surface area contributed by atoms with Crippen LogP contribution in [0.3, 0.4) is 0 Å². The Balaban J connectivity index is 0.00000161. The number of Topliss-reactive ketones (excluding diaryl/α,β-unsaturated/α-hetero) is 7. The Morgan fingerprint density at radius 1 is 0.528 bits per heavy atom. The van der Waals surface area contributed by atoms with Crippen LogP contribution in [-0.4, -0.2) is 180 Å². The number of thioether (sulfide) groups is 1. The van der Waals surface area contributed by atoms with Gasteiger partial charge < -0.3 is 56.6 Å². The molecule has 0 aliphatic carbocycles. The van der Waals surface area contributed by atoms with Crippen molar-refractivity contribution in [3.8, 4) is 5.75 Å². The number of benzene rings is 1. The Morgan fingerprint density at radius 3 is 1.38 bits per heavy atom. The van der Waals surface area contributed by atoms with E-state index in [1.54, 1.807) is 58.5 Å². The van der Waals surface area contributed by atoms with Crippen molar-refractivity contribution >= 4 is 99.8 Å². The molecular formula is C79H130N6O20S. The topological polar surface area (TPSA) is 410 Å². The Hall–Kier alpha value is -7.42. The number of ketones is 7. The summed E-state index contributed by atoms with van der Waals surface area (Å²) < 4.78 is 5.26. The third kappa shape index (κ3) is 42.2. The van der Waals surface area contributed by atoms with Gasteiger partial charge in [0, 0.05) is 68.7 Å². The van der Waals surface area contributed by atoms with Gasteiger partial charge in [0.05, 0.1) is 43.1 Å². The number of aliphatic carboxylic acids is 2. The van der Waals surface area contributed by atoms with E-state index in [0.29, 0.717) is 57.8 Å². The molecule has 106 heavy (non-hydrogen) atoms. The molecule has 11 atom stereocenters. The Bertz CT molecular complexity index is 3030. The number of aromatic hydroxyl groups is 1. The number of amides is 6. The second kappa shape index (κ2) is 50.3. The summed E-state index contributed by atoms with van der Waals surface area (Å²) in [6.45, 7) is 34.4. The fourth-order valence-corrected chi connectivity index (χ4v) is 12.7. The van der Waals surface area contributed by atoms with Crippen LogP contribution < -0.4 is 26.6 Å². The molecule has 2 rings (SSSR count). The quantitative estimate of drug-likeness (QED) is 0.0274. The number of carboxylic acids is 2. The fourth-order valence-electron chi connectivity index (χ4n) is 12.2. The Labute approximate surface area is 633 Å². The highest BCUT2D eigenvalue weighted by atomic mass is 32.2. The number of phenols is 1. The van der Waals surface area contributed by atoms with Gasteiger partial charge in [0.1, 0.15) is 40.8 Å². The summed E-state index contributed by atoms with van der Waals surface area (Å²) in [5.41, 5.74) is 0.187. The predicted octanol–water partition coefficient (Wildman–Crippen LogP) is 9.94. The lowest BCUT2D eigenvalue weighted by Gasteiger charge is -2.31. The summed E-state index contributed by atoms with van der Waals surface area (Å²) in [4.78, 5) is 189. The summed E-state index contributed by atoms with van der Waals surface area (Å²) in [7, 11) is 0. The molecule has 1 unspecified atom stereocenters. The maximum absolute atomic E-state index is 13.6. The highest BCUT2D eigenvalue weighted by Crippen LogP contribution is 2.27. The number of carbonyl (C=O) groups excluding carboxylic acids is 13. The smallest absolute Gasteiger partial charge is 0.408 e. The van der Waals surface area contributed by atoms with Crippen molar-refractivity contribution in [1.29, 1.82) is 0 Å². The minimum Gasteiger partial charge on any atom is -0.508 e. The molecule has 1 aliphatic heterocycles. The lowest BCUT2D eigenvalue weighted by Crippen LogP contribution is -2.58. The number of aliphatic hydroxyl groups is 1. The van der Waals surface area contributed by atoms with Crippen LogP contribution in [0.15, 0.2) is 24.3 Å². The Kier molecular flexibility index (Phi) is 46.7. The van der Waals surface area contributed by atoms with Gasteiger partial charge in [-0.15, -0.1) is 0 Å². The van der Waals surface area contributed by atoms with E-state index in [0.717, 1.165) is 17.7 Å². The zero-order valence-corrected chi connectivity index (χ0v) is 67.8. The van der Waals surface area contributed by atoms with Gasteiger partial charge in [-0.3, -0.25) is 67.1 Å². The monoisotopic (exact) mass is 1510 g/mol. The van der Waals surface area contributed by atoms with E-state index < -0.39 is 120 Å². The van der Waals surface area contributed by atoms with Crippen LogP contribution in [0.25, 0.3) is 0 Å². The number of alkyl carbamates (subject to hydrolysis) is 1. The lowest BCUT2D eigenvalue weighted by atomic mass is 9.85. The lowest BCUT2D eigenvalue weighted by molar-refractivity contribution is -0.144. The van der Waals surface area contributed by atoms with Crippen LogP contribution in [0, 0.1) is 59.2 Å². The SMILES string of the molecule is CC(=O)[C@@H](CC(=O)C(NC(=O)[C@@H](CC(=O)[C@H](CC(C)C)NC(=O)CCC(=O)O)CC(C)C)C(C)C)Cc1ccc(O)cc1.CC(=O)[C@@H](CC(=O)[C@H](CC(C)C)NC(=O)[C@@H]1CCCN1C(=O)[C@@H](NC(=O)CCC(=O)O)[C@@H](C)O)CC(C)C.CSCCC[C@H](CC(=O)[C@H](CC(C)C)NC(=O)OC(C)(C)C)C(C)=O. The molecule has 0 radical (unpaired) electrons. The molecule has 0 aromatic heterocycles. The van der Waals surface area contributed by atoms with Gasteiger partial charge in [-0.2, -0.15) is 11.8 Å². The number of carboxylic acid groups (broad SMARTS) is 2. The number of rotatable bonds is 47. The van der Waals surface area contributed by atoms with Crippen LogP contribution in [0.5, 0.6) is 5.75 Å². The molecule has 1 aliphatic rings. The van der Waals surface area contributed by atoms with Crippen molar-refractivity contribution in [1.82, 2.24) is 31.5 Å². The first-order valence-corrected chi connectivity index (χ1v) is 39.0. The normalized spacial score (nSPS) is 15.7. The van der Waals surface area contributed by atoms with E-state index in [1.165, 1.54) is 44.7 Å². The average Bonchev–Trinajstić information content (AvgIpc) is 1.61. The van der Waals surface area contributed by atoms with Crippen molar-refractivity contribution in [2.45, 2.75) is 295 Å². The summed E-state index contributed by atoms with van der Waals surface area (Å²) in [5.74, 6) is -6.72. The van der Waals surface area contributed by atoms with Gasteiger partial charge in [-0.05, 0) is 178 Å². The molecule has 1 aromatic carbocycles. The van der Waals surface area contributed by atoms with E-state index in [4.69, 9.17) is 14.9 Å². The first-order chi connectivity index (χ1) is 49.1. The number of aliphatic hydroxyl groups excluding tert-OH is 1.